The third-order valence-corrected chi connectivity index (χ3v) is 3.41. The fraction of sp³-hybridized carbons (Fsp3) is 0.667. The van der Waals surface area contributed by atoms with Crippen LogP contribution in [-0.2, 0) is 22.7 Å². The molecule has 0 spiro atoms. The van der Waals surface area contributed by atoms with E-state index in [1.165, 1.54) is 10.9 Å². The third kappa shape index (κ3) is 7.13. The fourth-order valence-corrected chi connectivity index (χ4v) is 2.43. The van der Waals surface area contributed by atoms with Crippen LogP contribution in [0.1, 0.15) is 26.0 Å². The minimum atomic E-state index is -0.980. The van der Waals surface area contributed by atoms with E-state index in [-0.39, 0.29) is 19.0 Å². The summed E-state index contributed by atoms with van der Waals surface area (Å²) in [6.07, 6.45) is 2.61. The van der Waals surface area contributed by atoms with Gasteiger partial charge in [-0.1, -0.05) is 19.1 Å². The molecule has 0 aliphatic rings. The SMILES string of the molecule is CC(C)CCSCC(=O)NCc1cn(CC(=O)O)nn1. The number of rotatable bonds is 9. The number of carboxylic acid groups (broad SMARTS) is 1. The number of hydrogen-bond donors (Lipinski definition) is 2. The lowest BCUT2D eigenvalue weighted by atomic mass is 10.2. The van der Waals surface area contributed by atoms with Crippen LogP contribution in [0, 0.1) is 5.92 Å². The molecule has 8 heteroatoms. The van der Waals surface area contributed by atoms with Crippen molar-refractivity contribution in [3.63, 3.8) is 0 Å². The number of nitrogens with one attached hydrogen (secondary N) is 1. The average Bonchev–Trinajstić information content (AvgIpc) is 2.78. The molecule has 0 fully saturated rings. The van der Waals surface area contributed by atoms with E-state index < -0.39 is 5.97 Å². The van der Waals surface area contributed by atoms with Gasteiger partial charge in [0.2, 0.25) is 5.91 Å². The molecule has 0 aliphatic carbocycles. The number of carboxylic acids is 1. The normalized spacial score (nSPS) is 10.8. The highest BCUT2D eigenvalue weighted by atomic mass is 32.2. The molecule has 112 valence electrons. The molecular formula is C12H20N4O3S. The summed E-state index contributed by atoms with van der Waals surface area (Å²) >= 11 is 1.61. The van der Waals surface area contributed by atoms with Gasteiger partial charge < -0.3 is 10.4 Å². The minimum Gasteiger partial charge on any atom is -0.480 e. The zero-order valence-corrected chi connectivity index (χ0v) is 12.5. The number of nitrogens with zero attached hydrogens (tertiary/aromatic N) is 3. The first-order chi connectivity index (χ1) is 9.47. The van der Waals surface area contributed by atoms with E-state index in [9.17, 15) is 9.59 Å². The number of carbonyl (C=O) groups is 2. The van der Waals surface area contributed by atoms with Crippen LogP contribution >= 0.6 is 11.8 Å². The monoisotopic (exact) mass is 300 g/mol. The second-order valence-electron chi connectivity index (χ2n) is 4.81. The summed E-state index contributed by atoms with van der Waals surface area (Å²) in [5.41, 5.74) is 0.548. The molecule has 0 saturated heterocycles. The Labute approximate surface area is 122 Å². The predicted octanol–water partition coefficient (Wildman–Crippen LogP) is 0.758. The number of amides is 1. The smallest absolute Gasteiger partial charge is 0.325 e. The van der Waals surface area contributed by atoms with Gasteiger partial charge in [0, 0.05) is 0 Å². The Morgan fingerprint density at radius 2 is 2.25 bits per heavy atom. The van der Waals surface area contributed by atoms with E-state index in [1.807, 2.05) is 0 Å². The third-order valence-electron chi connectivity index (χ3n) is 2.42. The van der Waals surface area contributed by atoms with Crippen molar-refractivity contribution in [2.75, 3.05) is 11.5 Å². The number of thioether (sulfide) groups is 1. The molecule has 7 nitrogen and oxygen atoms in total. The molecule has 1 aromatic rings. The highest BCUT2D eigenvalue weighted by molar-refractivity contribution is 7.99. The topological polar surface area (TPSA) is 97.1 Å². The first-order valence-corrected chi connectivity index (χ1v) is 7.58. The van der Waals surface area contributed by atoms with Gasteiger partial charge >= 0.3 is 5.97 Å². The van der Waals surface area contributed by atoms with Gasteiger partial charge in [-0.3, -0.25) is 9.59 Å². The summed E-state index contributed by atoms with van der Waals surface area (Å²) in [6.45, 7) is 4.34. The van der Waals surface area contributed by atoms with Crippen LogP contribution in [0.15, 0.2) is 6.20 Å². The fourth-order valence-electron chi connectivity index (χ4n) is 1.36. The van der Waals surface area contributed by atoms with Crippen LogP contribution in [0.4, 0.5) is 0 Å². The Hall–Kier alpha value is -1.57. The molecule has 1 aromatic heterocycles. The van der Waals surface area contributed by atoms with Crippen LogP contribution in [0.25, 0.3) is 0 Å². The number of carbonyl (C=O) groups excluding carboxylic acids is 1. The van der Waals surface area contributed by atoms with Gasteiger partial charge in [-0.2, -0.15) is 11.8 Å². The Bertz CT molecular complexity index is 448. The molecule has 0 bridgehead atoms. The van der Waals surface area contributed by atoms with Gasteiger partial charge in [-0.25, -0.2) is 4.68 Å². The maximum atomic E-state index is 11.6. The summed E-state index contributed by atoms with van der Waals surface area (Å²) < 4.78 is 1.22. The second-order valence-corrected chi connectivity index (χ2v) is 5.92. The maximum Gasteiger partial charge on any atom is 0.325 e. The summed E-state index contributed by atoms with van der Waals surface area (Å²) in [7, 11) is 0. The van der Waals surface area contributed by atoms with Crippen LogP contribution in [0.2, 0.25) is 0 Å². The Morgan fingerprint density at radius 1 is 1.50 bits per heavy atom. The molecule has 2 N–H and O–H groups in total. The Balaban J connectivity index is 2.20. The standard InChI is InChI=1S/C12H20N4O3S/c1-9(2)3-4-20-8-11(17)13-5-10-6-16(15-14-10)7-12(18)19/h6,9H,3-5,7-8H2,1-2H3,(H,13,17)(H,18,19). The van der Waals surface area contributed by atoms with Crippen molar-refractivity contribution in [2.45, 2.75) is 33.4 Å². The molecular weight excluding hydrogens is 280 g/mol. The Kier molecular flexibility index (Phi) is 7.06. The minimum absolute atomic E-state index is 0.0495. The highest BCUT2D eigenvalue weighted by Gasteiger charge is 2.06. The van der Waals surface area contributed by atoms with E-state index in [2.05, 4.69) is 29.5 Å². The van der Waals surface area contributed by atoms with E-state index >= 15 is 0 Å². The van der Waals surface area contributed by atoms with Crippen molar-refractivity contribution in [2.24, 2.45) is 5.92 Å². The van der Waals surface area contributed by atoms with Crippen molar-refractivity contribution in [1.29, 1.82) is 0 Å². The van der Waals surface area contributed by atoms with E-state index in [4.69, 9.17) is 5.11 Å². The molecule has 20 heavy (non-hydrogen) atoms. The predicted molar refractivity (Wildman–Crippen MR) is 76.3 cm³/mol. The first-order valence-electron chi connectivity index (χ1n) is 6.42. The average molecular weight is 300 g/mol. The number of aliphatic carboxylic acids is 1. The van der Waals surface area contributed by atoms with Gasteiger partial charge in [0.1, 0.15) is 12.2 Å². The molecule has 0 atom stereocenters. The zero-order chi connectivity index (χ0) is 15.0. The van der Waals surface area contributed by atoms with Crippen molar-refractivity contribution >= 4 is 23.6 Å². The van der Waals surface area contributed by atoms with Gasteiger partial charge in [0.15, 0.2) is 0 Å². The summed E-state index contributed by atoms with van der Waals surface area (Å²) in [6, 6.07) is 0. The first kappa shape index (κ1) is 16.5. The zero-order valence-electron chi connectivity index (χ0n) is 11.7. The molecule has 0 radical (unpaired) electrons. The molecule has 0 saturated carbocycles. The Morgan fingerprint density at radius 3 is 2.90 bits per heavy atom. The maximum absolute atomic E-state index is 11.6. The molecule has 1 amide bonds. The lowest BCUT2D eigenvalue weighted by molar-refractivity contribution is -0.137. The van der Waals surface area contributed by atoms with E-state index in [1.54, 1.807) is 11.8 Å². The van der Waals surface area contributed by atoms with Crippen LogP contribution in [-0.4, -0.2) is 43.5 Å². The van der Waals surface area contributed by atoms with Crippen molar-refractivity contribution in [1.82, 2.24) is 20.3 Å². The van der Waals surface area contributed by atoms with Crippen molar-refractivity contribution < 1.29 is 14.7 Å². The van der Waals surface area contributed by atoms with Crippen molar-refractivity contribution in [3.8, 4) is 0 Å². The molecule has 1 heterocycles. The lowest BCUT2D eigenvalue weighted by Crippen LogP contribution is -2.25. The van der Waals surface area contributed by atoms with Gasteiger partial charge in [0.05, 0.1) is 18.5 Å². The van der Waals surface area contributed by atoms with Gasteiger partial charge in [-0.05, 0) is 18.1 Å². The molecule has 0 aliphatic heterocycles. The quantitative estimate of drug-likeness (QED) is 0.653. The van der Waals surface area contributed by atoms with E-state index in [0.29, 0.717) is 17.4 Å². The van der Waals surface area contributed by atoms with Gasteiger partial charge in [-0.15, -0.1) is 5.10 Å². The lowest BCUT2D eigenvalue weighted by Gasteiger charge is -2.04. The molecule has 0 unspecified atom stereocenters. The van der Waals surface area contributed by atoms with Crippen molar-refractivity contribution in [3.05, 3.63) is 11.9 Å². The summed E-state index contributed by atoms with van der Waals surface area (Å²) in [4.78, 5) is 22.0. The number of aromatic nitrogens is 3. The number of hydrogen-bond acceptors (Lipinski definition) is 5. The second kappa shape index (κ2) is 8.57. The van der Waals surface area contributed by atoms with Crippen LogP contribution in [0.5, 0.6) is 0 Å². The van der Waals surface area contributed by atoms with Crippen LogP contribution < -0.4 is 5.32 Å². The summed E-state index contributed by atoms with van der Waals surface area (Å²) in [5.74, 6) is 1.02. The molecule has 0 aromatic carbocycles. The largest absolute Gasteiger partial charge is 0.480 e. The molecule has 1 rings (SSSR count). The van der Waals surface area contributed by atoms with E-state index in [0.717, 1.165) is 12.2 Å². The highest BCUT2D eigenvalue weighted by Crippen LogP contribution is 2.08. The van der Waals surface area contributed by atoms with Crippen LogP contribution in [0.3, 0.4) is 0 Å². The summed E-state index contributed by atoms with van der Waals surface area (Å²) in [5, 5.41) is 18.8. The van der Waals surface area contributed by atoms with Gasteiger partial charge in [0.25, 0.3) is 0 Å².